The van der Waals surface area contributed by atoms with Crippen LogP contribution >= 0.6 is 11.6 Å². The second-order valence-electron chi connectivity index (χ2n) is 13.7. The fourth-order valence-corrected chi connectivity index (χ4v) is 8.32. The molecule has 5 aromatic rings. The SMILES string of the molecule is Cc1nn(C)c(C)c1-c1c(Cl)ccc2c(CCCOc3cccc4cc(F)ccc34)c(C(=O)O)n(CCN3CCC(N4CCNCC4=O)CC3)c12. The maximum absolute atomic E-state index is 13.8. The van der Waals surface area contributed by atoms with Gasteiger partial charge >= 0.3 is 5.97 Å². The van der Waals surface area contributed by atoms with Gasteiger partial charge < -0.3 is 29.5 Å². The first-order valence-electron chi connectivity index (χ1n) is 17.7. The molecule has 0 saturated carbocycles. The van der Waals surface area contributed by atoms with Crippen molar-refractivity contribution in [1.82, 2.24) is 29.5 Å². The van der Waals surface area contributed by atoms with Gasteiger partial charge in [-0.1, -0.05) is 29.8 Å². The van der Waals surface area contributed by atoms with E-state index in [1.165, 1.54) is 12.1 Å². The van der Waals surface area contributed by atoms with E-state index in [9.17, 15) is 19.1 Å². The lowest BCUT2D eigenvalue weighted by atomic mass is 9.98. The molecule has 1 amide bonds. The Morgan fingerprint density at radius 2 is 1.84 bits per heavy atom. The van der Waals surface area contributed by atoms with Gasteiger partial charge in [-0.25, -0.2) is 9.18 Å². The Kier molecular flexibility index (Phi) is 10.0. The van der Waals surface area contributed by atoms with E-state index in [0.29, 0.717) is 49.9 Å². The van der Waals surface area contributed by atoms with Crippen LogP contribution in [-0.2, 0) is 24.8 Å². The number of nitrogens with zero attached hydrogens (tertiary/aromatic N) is 5. The van der Waals surface area contributed by atoms with E-state index < -0.39 is 5.97 Å². The molecular weight excluding hydrogens is 671 g/mol. The number of ether oxygens (including phenoxy) is 1. The van der Waals surface area contributed by atoms with E-state index in [0.717, 1.165) is 88.8 Å². The maximum Gasteiger partial charge on any atom is 0.352 e. The van der Waals surface area contributed by atoms with Crippen LogP contribution in [0.1, 0.15) is 46.7 Å². The molecule has 0 unspecified atom stereocenters. The van der Waals surface area contributed by atoms with Crippen molar-refractivity contribution in [1.29, 1.82) is 0 Å². The van der Waals surface area contributed by atoms with Gasteiger partial charge in [-0.2, -0.15) is 5.10 Å². The fraction of sp³-hybridized carbons (Fsp3) is 0.410. The Morgan fingerprint density at radius 1 is 1.06 bits per heavy atom. The van der Waals surface area contributed by atoms with Gasteiger partial charge in [0.2, 0.25) is 5.91 Å². The number of piperazine rings is 1. The van der Waals surface area contributed by atoms with Crippen molar-refractivity contribution in [3.63, 3.8) is 0 Å². The molecule has 2 saturated heterocycles. The molecular formula is C39H44ClFN6O4. The lowest BCUT2D eigenvalue weighted by Crippen LogP contribution is -2.55. The lowest BCUT2D eigenvalue weighted by molar-refractivity contribution is -0.135. The maximum atomic E-state index is 13.8. The summed E-state index contributed by atoms with van der Waals surface area (Å²) in [5, 5.41) is 21.6. The summed E-state index contributed by atoms with van der Waals surface area (Å²) >= 11 is 7.02. The molecule has 0 spiro atoms. The summed E-state index contributed by atoms with van der Waals surface area (Å²) in [5.41, 5.74) is 5.27. The van der Waals surface area contributed by atoms with Crippen LogP contribution in [0.3, 0.4) is 0 Å². The Hall–Kier alpha value is -4.45. The van der Waals surface area contributed by atoms with E-state index in [2.05, 4.69) is 15.3 Å². The summed E-state index contributed by atoms with van der Waals surface area (Å²) in [7, 11) is 1.90. The molecule has 0 radical (unpaired) electrons. The standard InChI is InChI=1S/C39H44ClFN6O4/c1-24-35(25(2)44(3)43-24)36-32(40)12-11-31-30(7-5-21-51-33-8-4-6-26-22-27(41)9-10-29(26)33)38(39(49)50)47(37(31)36)20-19-45-16-13-28(14-17-45)46-18-15-42-23-34(46)48/h4,6,8-12,22,28,42H,5,7,13-21,23H2,1-3H3,(H,49,50). The number of carboxylic acids is 1. The van der Waals surface area contributed by atoms with Gasteiger partial charge in [0.05, 0.1) is 29.4 Å². The molecule has 0 bridgehead atoms. The van der Waals surface area contributed by atoms with Crippen LogP contribution in [-0.4, -0.2) is 93.0 Å². The molecule has 2 aliphatic heterocycles. The van der Waals surface area contributed by atoms with Crippen LogP contribution in [0.5, 0.6) is 5.75 Å². The second-order valence-corrected chi connectivity index (χ2v) is 14.1. The first-order chi connectivity index (χ1) is 24.6. The van der Waals surface area contributed by atoms with Crippen molar-refractivity contribution < 1.29 is 23.8 Å². The molecule has 2 aliphatic rings. The number of likely N-dealkylation sites (tertiary alicyclic amines) is 1. The normalized spacial score (nSPS) is 16.1. The molecule has 7 rings (SSSR count). The highest BCUT2D eigenvalue weighted by Crippen LogP contribution is 2.42. The number of aryl methyl sites for hydroxylation is 3. The van der Waals surface area contributed by atoms with Crippen molar-refractivity contribution in [2.75, 3.05) is 45.9 Å². The molecule has 0 aliphatic carbocycles. The lowest BCUT2D eigenvalue weighted by Gasteiger charge is -2.40. The molecule has 51 heavy (non-hydrogen) atoms. The van der Waals surface area contributed by atoms with Crippen LogP contribution in [0, 0.1) is 19.7 Å². The highest BCUT2D eigenvalue weighted by atomic mass is 35.5. The number of nitrogens with one attached hydrogen (secondary N) is 1. The number of hydrogen-bond acceptors (Lipinski definition) is 6. The number of aromatic nitrogens is 3. The average Bonchev–Trinajstić information content (AvgIpc) is 3.57. The predicted octanol–water partition coefficient (Wildman–Crippen LogP) is 6.21. The van der Waals surface area contributed by atoms with Crippen molar-refractivity contribution in [2.45, 2.75) is 52.1 Å². The van der Waals surface area contributed by atoms with Crippen LogP contribution in [0.4, 0.5) is 4.39 Å². The Morgan fingerprint density at radius 3 is 2.57 bits per heavy atom. The third-order valence-electron chi connectivity index (χ3n) is 10.6. The minimum atomic E-state index is -0.990. The smallest absolute Gasteiger partial charge is 0.352 e. The van der Waals surface area contributed by atoms with E-state index in [1.54, 1.807) is 6.07 Å². The minimum Gasteiger partial charge on any atom is -0.493 e. The van der Waals surface area contributed by atoms with Crippen molar-refractivity contribution in [3.8, 4) is 16.9 Å². The Balaban J connectivity index is 1.19. The van der Waals surface area contributed by atoms with Gasteiger partial charge in [0, 0.05) is 80.0 Å². The van der Waals surface area contributed by atoms with Gasteiger partial charge in [-0.15, -0.1) is 0 Å². The second kappa shape index (κ2) is 14.7. The predicted molar refractivity (Wildman–Crippen MR) is 197 cm³/mol. The number of amides is 1. The number of carbonyl (C=O) groups is 2. The van der Waals surface area contributed by atoms with Gasteiger partial charge in [0.1, 0.15) is 17.3 Å². The number of aromatic carboxylic acids is 1. The van der Waals surface area contributed by atoms with Gasteiger partial charge in [-0.3, -0.25) is 9.48 Å². The molecule has 2 fully saturated rings. The van der Waals surface area contributed by atoms with E-state index in [-0.39, 0.29) is 23.5 Å². The molecule has 12 heteroatoms. The van der Waals surface area contributed by atoms with Crippen LogP contribution in [0.15, 0.2) is 48.5 Å². The summed E-state index contributed by atoms with van der Waals surface area (Å²) in [4.78, 5) is 30.1. The minimum absolute atomic E-state index is 0.167. The van der Waals surface area contributed by atoms with E-state index >= 15 is 0 Å². The number of hydrogen-bond donors (Lipinski definition) is 2. The number of rotatable bonds is 11. The highest BCUT2D eigenvalue weighted by Gasteiger charge is 2.31. The molecule has 10 nitrogen and oxygen atoms in total. The number of carboxylic acid groups (broad SMARTS) is 1. The Labute approximate surface area is 301 Å². The first kappa shape index (κ1) is 35.0. The van der Waals surface area contributed by atoms with E-state index in [4.69, 9.17) is 16.3 Å². The van der Waals surface area contributed by atoms with Gasteiger partial charge in [0.15, 0.2) is 0 Å². The third kappa shape index (κ3) is 6.82. The quantitative estimate of drug-likeness (QED) is 0.157. The van der Waals surface area contributed by atoms with Gasteiger partial charge in [-0.05, 0) is 80.8 Å². The molecule has 3 aromatic carbocycles. The summed E-state index contributed by atoms with van der Waals surface area (Å²) in [6.07, 6.45) is 2.83. The zero-order valence-corrected chi connectivity index (χ0v) is 30.1. The third-order valence-corrected chi connectivity index (χ3v) is 10.9. The first-order valence-corrected chi connectivity index (χ1v) is 18.1. The summed E-state index contributed by atoms with van der Waals surface area (Å²) < 4.78 is 23.8. The fourth-order valence-electron chi connectivity index (χ4n) is 8.07. The molecule has 268 valence electrons. The Bertz CT molecular complexity index is 2120. The number of carbonyl (C=O) groups excluding carboxylic acids is 1. The zero-order chi connectivity index (χ0) is 35.8. The average molecular weight is 715 g/mol. The number of piperidine rings is 1. The summed E-state index contributed by atoms with van der Waals surface area (Å²) in [6.45, 7) is 9.08. The van der Waals surface area contributed by atoms with Crippen LogP contribution < -0.4 is 10.1 Å². The summed E-state index contributed by atoms with van der Waals surface area (Å²) in [5.74, 6) is -0.462. The topological polar surface area (TPSA) is 105 Å². The van der Waals surface area contributed by atoms with Crippen molar-refractivity contribution in [3.05, 3.63) is 82.0 Å². The van der Waals surface area contributed by atoms with Crippen LogP contribution in [0.25, 0.3) is 32.8 Å². The molecule has 2 N–H and O–H groups in total. The summed E-state index contributed by atoms with van der Waals surface area (Å²) in [6, 6.07) is 14.2. The molecule has 0 atom stereocenters. The highest BCUT2D eigenvalue weighted by molar-refractivity contribution is 6.35. The largest absolute Gasteiger partial charge is 0.493 e. The van der Waals surface area contributed by atoms with Gasteiger partial charge in [0.25, 0.3) is 0 Å². The number of halogens is 2. The van der Waals surface area contributed by atoms with Crippen LogP contribution in [0.2, 0.25) is 5.02 Å². The van der Waals surface area contributed by atoms with E-state index in [1.807, 2.05) is 65.4 Å². The number of benzene rings is 3. The number of fused-ring (bicyclic) bond motifs is 2. The monoisotopic (exact) mass is 714 g/mol. The molecule has 2 aromatic heterocycles. The molecule has 4 heterocycles. The zero-order valence-electron chi connectivity index (χ0n) is 29.3. The van der Waals surface area contributed by atoms with Crippen molar-refractivity contribution in [2.24, 2.45) is 7.05 Å². The van der Waals surface area contributed by atoms with Crippen molar-refractivity contribution >= 4 is 45.2 Å².